The van der Waals surface area contributed by atoms with Crippen LogP contribution >= 0.6 is 0 Å². The van der Waals surface area contributed by atoms with Crippen molar-refractivity contribution >= 4 is 11.7 Å². The van der Waals surface area contributed by atoms with Crippen LogP contribution in [0.1, 0.15) is 12.6 Å². The number of carboxylic acids is 1. The zero-order valence-electron chi connectivity index (χ0n) is 17.5. The lowest BCUT2D eigenvalue weighted by Crippen LogP contribution is -2.41. The van der Waals surface area contributed by atoms with Crippen LogP contribution in [-0.4, -0.2) is 31.3 Å². The molecule has 0 radical (unpaired) electrons. The maximum Gasteiger partial charge on any atom is 0.431 e. The van der Waals surface area contributed by atoms with E-state index in [1.165, 1.54) is 25.3 Å². The average Bonchev–Trinajstić information content (AvgIpc) is 2.74. The molecule has 14 heteroatoms. The van der Waals surface area contributed by atoms with Gasteiger partial charge in [0.15, 0.2) is 17.6 Å². The fourth-order valence-corrected chi connectivity index (χ4v) is 2.82. The largest absolute Gasteiger partial charge is 0.479 e. The van der Waals surface area contributed by atoms with E-state index in [4.69, 9.17) is 20.3 Å². The molecule has 3 aromatic rings. The number of nitrogen functional groups attached to an aromatic ring is 1. The van der Waals surface area contributed by atoms with Gasteiger partial charge in [0.2, 0.25) is 0 Å². The number of ether oxygens (including phenoxy) is 2. The summed E-state index contributed by atoms with van der Waals surface area (Å²) in [6.45, 7) is 1.23. The van der Waals surface area contributed by atoms with Crippen molar-refractivity contribution in [2.45, 2.75) is 19.2 Å². The van der Waals surface area contributed by atoms with E-state index in [0.29, 0.717) is 6.07 Å². The lowest BCUT2D eigenvalue weighted by Gasteiger charge is -2.17. The van der Waals surface area contributed by atoms with Gasteiger partial charge in [0, 0.05) is 31.4 Å². The summed E-state index contributed by atoms with van der Waals surface area (Å²) in [5, 5.41) is 9.02. The highest BCUT2D eigenvalue weighted by Crippen LogP contribution is 2.35. The Hall–Kier alpha value is -4.36. The van der Waals surface area contributed by atoms with Gasteiger partial charge in [-0.3, -0.25) is 9.36 Å². The maximum absolute atomic E-state index is 14.7. The Balaban J connectivity index is 2.12. The van der Waals surface area contributed by atoms with E-state index >= 15 is 0 Å². The molecule has 0 amide bonds. The third-order valence-electron chi connectivity index (χ3n) is 4.52. The number of nitrogens with zero attached hydrogens (tertiary/aromatic N) is 3. The normalized spacial score (nSPS) is 12.3. The number of pyridine rings is 1. The summed E-state index contributed by atoms with van der Waals surface area (Å²) in [6.07, 6.45) is -5.03. The maximum atomic E-state index is 14.7. The quantitative estimate of drug-likeness (QED) is 0.402. The van der Waals surface area contributed by atoms with Gasteiger partial charge >= 0.3 is 17.8 Å². The molecule has 2 heterocycles. The minimum atomic E-state index is -5.00. The van der Waals surface area contributed by atoms with E-state index in [9.17, 15) is 31.9 Å². The Morgan fingerprint density at radius 3 is 2.50 bits per heavy atom. The molecule has 2 aromatic heterocycles. The Morgan fingerprint density at radius 2 is 1.88 bits per heavy atom. The third kappa shape index (κ3) is 4.69. The molecule has 0 aliphatic heterocycles. The highest BCUT2D eigenvalue weighted by atomic mass is 19.4. The molecule has 0 saturated heterocycles. The standard InChI is InChI=1S/C20H16F4N4O6/c1-9(18(30)31)33-17-13(4-3-5-26-17)34-14-7-12(10(21)6-11(14)25)28-16(29)8-15(20(22,23)24)27(2)19(28)32/h3-9H,25H2,1-2H3,(H,30,31). The summed E-state index contributed by atoms with van der Waals surface area (Å²) in [4.78, 5) is 39.7. The summed E-state index contributed by atoms with van der Waals surface area (Å²) >= 11 is 0. The second kappa shape index (κ2) is 8.88. The first-order valence-electron chi connectivity index (χ1n) is 9.33. The molecule has 34 heavy (non-hydrogen) atoms. The van der Waals surface area contributed by atoms with Crippen molar-refractivity contribution in [1.82, 2.24) is 14.1 Å². The molecule has 0 aliphatic rings. The van der Waals surface area contributed by atoms with Gasteiger partial charge in [0.05, 0.1) is 11.4 Å². The molecule has 1 unspecified atom stereocenters. The predicted octanol–water partition coefficient (Wildman–Crippen LogP) is 2.32. The van der Waals surface area contributed by atoms with Crippen molar-refractivity contribution in [2.75, 3.05) is 5.73 Å². The summed E-state index contributed by atoms with van der Waals surface area (Å²) in [5.74, 6) is -3.20. The van der Waals surface area contributed by atoms with Gasteiger partial charge in [-0.25, -0.2) is 23.5 Å². The number of carboxylic acid groups (broad SMARTS) is 1. The lowest BCUT2D eigenvalue weighted by molar-refractivity contribution is -0.145. The fraction of sp³-hybridized carbons (Fsp3) is 0.200. The van der Waals surface area contributed by atoms with E-state index in [0.717, 1.165) is 13.1 Å². The summed E-state index contributed by atoms with van der Waals surface area (Å²) in [7, 11) is 0.774. The second-order valence-electron chi connectivity index (χ2n) is 6.89. The predicted molar refractivity (Wildman–Crippen MR) is 109 cm³/mol. The van der Waals surface area contributed by atoms with Gasteiger partial charge in [-0.2, -0.15) is 13.2 Å². The molecule has 1 atom stereocenters. The Bertz CT molecular complexity index is 1380. The zero-order chi connectivity index (χ0) is 25.4. The highest BCUT2D eigenvalue weighted by Gasteiger charge is 2.35. The van der Waals surface area contributed by atoms with Crippen LogP contribution in [0.2, 0.25) is 0 Å². The number of anilines is 1. The number of rotatable bonds is 6. The summed E-state index contributed by atoms with van der Waals surface area (Å²) < 4.78 is 65.0. The van der Waals surface area contributed by atoms with E-state index < -0.39 is 46.7 Å². The summed E-state index contributed by atoms with van der Waals surface area (Å²) in [6, 6.07) is 4.41. The van der Waals surface area contributed by atoms with Crippen LogP contribution in [-0.2, 0) is 18.0 Å². The number of nitrogens with two attached hydrogens (primary N) is 1. The van der Waals surface area contributed by atoms with Crippen molar-refractivity contribution in [3.8, 4) is 23.1 Å². The average molecular weight is 484 g/mol. The number of carbonyl (C=O) groups is 1. The molecular weight excluding hydrogens is 468 g/mol. The second-order valence-corrected chi connectivity index (χ2v) is 6.89. The third-order valence-corrected chi connectivity index (χ3v) is 4.52. The van der Waals surface area contributed by atoms with E-state index in [1.54, 1.807) is 0 Å². The van der Waals surface area contributed by atoms with Gasteiger partial charge in [-0.1, -0.05) is 0 Å². The zero-order valence-corrected chi connectivity index (χ0v) is 17.5. The number of benzene rings is 1. The van der Waals surface area contributed by atoms with Crippen LogP contribution < -0.4 is 26.5 Å². The van der Waals surface area contributed by atoms with Gasteiger partial charge in [0.1, 0.15) is 11.5 Å². The molecule has 0 saturated carbocycles. The minimum Gasteiger partial charge on any atom is -0.479 e. The van der Waals surface area contributed by atoms with Crippen LogP contribution in [0.15, 0.2) is 46.1 Å². The highest BCUT2D eigenvalue weighted by molar-refractivity contribution is 5.72. The first kappa shape index (κ1) is 24.3. The van der Waals surface area contributed by atoms with Crippen LogP contribution in [0.25, 0.3) is 5.69 Å². The van der Waals surface area contributed by atoms with Crippen molar-refractivity contribution in [3.63, 3.8) is 0 Å². The molecule has 180 valence electrons. The number of aromatic nitrogens is 3. The molecule has 10 nitrogen and oxygen atoms in total. The van der Waals surface area contributed by atoms with E-state index in [1.807, 2.05) is 0 Å². The Morgan fingerprint density at radius 1 is 1.21 bits per heavy atom. The van der Waals surface area contributed by atoms with Crippen LogP contribution in [0.3, 0.4) is 0 Å². The van der Waals surface area contributed by atoms with Crippen molar-refractivity contribution in [2.24, 2.45) is 7.05 Å². The van der Waals surface area contributed by atoms with Crippen LogP contribution in [0.4, 0.5) is 23.2 Å². The van der Waals surface area contributed by atoms with Crippen molar-refractivity contribution in [1.29, 1.82) is 0 Å². The van der Waals surface area contributed by atoms with Crippen LogP contribution in [0, 0.1) is 5.82 Å². The topological polar surface area (TPSA) is 139 Å². The number of alkyl halides is 3. The first-order chi connectivity index (χ1) is 15.8. The molecular formula is C20H16F4N4O6. The Labute approximate surface area is 187 Å². The van der Waals surface area contributed by atoms with Gasteiger partial charge in [0.25, 0.3) is 11.4 Å². The van der Waals surface area contributed by atoms with Crippen molar-refractivity contribution in [3.05, 3.63) is 68.9 Å². The van der Waals surface area contributed by atoms with Crippen LogP contribution in [0.5, 0.6) is 17.4 Å². The van der Waals surface area contributed by atoms with E-state index in [-0.39, 0.29) is 38.3 Å². The monoisotopic (exact) mass is 484 g/mol. The number of hydrogen-bond acceptors (Lipinski definition) is 7. The molecule has 0 fully saturated rings. The van der Waals surface area contributed by atoms with Gasteiger partial charge in [-0.05, 0) is 19.1 Å². The lowest BCUT2D eigenvalue weighted by atomic mass is 10.2. The Kier molecular flexibility index (Phi) is 6.34. The molecule has 0 spiro atoms. The summed E-state index contributed by atoms with van der Waals surface area (Å²) in [5.41, 5.74) is 0.309. The molecule has 0 aliphatic carbocycles. The van der Waals surface area contributed by atoms with Crippen molar-refractivity contribution < 1.29 is 36.9 Å². The number of hydrogen-bond donors (Lipinski definition) is 2. The van der Waals surface area contributed by atoms with E-state index in [2.05, 4.69) is 4.98 Å². The fourth-order valence-electron chi connectivity index (χ4n) is 2.82. The SMILES string of the molecule is CC(Oc1ncccc1Oc1cc(-n2c(=O)cc(C(F)(F)F)n(C)c2=O)c(F)cc1N)C(=O)O. The molecule has 0 bridgehead atoms. The molecule has 1 aromatic carbocycles. The molecule has 3 N–H and O–H groups in total. The minimum absolute atomic E-state index is 0.146. The molecule has 3 rings (SSSR count). The smallest absolute Gasteiger partial charge is 0.431 e. The number of halogens is 4. The van der Waals surface area contributed by atoms with Gasteiger partial charge < -0.3 is 20.3 Å². The first-order valence-corrected chi connectivity index (χ1v) is 9.33. The van der Waals surface area contributed by atoms with Gasteiger partial charge in [-0.15, -0.1) is 0 Å². The number of aliphatic carboxylic acids is 1.